The molecule has 0 heterocycles. The summed E-state index contributed by atoms with van der Waals surface area (Å²) < 4.78 is 0. The summed E-state index contributed by atoms with van der Waals surface area (Å²) in [6, 6.07) is 20.3. The van der Waals surface area contributed by atoms with Gasteiger partial charge in [0.1, 0.15) is 0 Å². The number of nitrogens with zero attached hydrogens (tertiary/aromatic N) is 1. The highest BCUT2D eigenvalue weighted by molar-refractivity contribution is 6.13. The van der Waals surface area contributed by atoms with Crippen LogP contribution in [0.1, 0.15) is 37.3 Å². The van der Waals surface area contributed by atoms with Gasteiger partial charge >= 0.3 is 0 Å². The predicted molar refractivity (Wildman–Crippen MR) is 86.8 cm³/mol. The molecule has 0 radical (unpaired) electrons. The average molecular weight is 279 g/mol. The summed E-state index contributed by atoms with van der Waals surface area (Å²) in [7, 11) is 0. The highest BCUT2D eigenvalue weighted by atomic mass is 16.3. The zero-order valence-electron chi connectivity index (χ0n) is 12.4. The van der Waals surface area contributed by atoms with Crippen LogP contribution in [-0.4, -0.2) is 22.5 Å². The van der Waals surface area contributed by atoms with E-state index in [4.69, 9.17) is 4.99 Å². The minimum Gasteiger partial charge on any atom is -0.388 e. The Labute approximate surface area is 126 Å². The molecule has 0 spiro atoms. The smallest absolute Gasteiger partial charge is 0.0867 e. The van der Waals surface area contributed by atoms with Crippen molar-refractivity contribution in [2.75, 3.05) is 0 Å². The largest absolute Gasteiger partial charge is 0.388 e. The van der Waals surface area contributed by atoms with Crippen LogP contribution < -0.4 is 0 Å². The molecule has 2 nitrogen and oxygen atoms in total. The first-order valence-corrected chi connectivity index (χ1v) is 7.60. The van der Waals surface area contributed by atoms with E-state index in [9.17, 15) is 5.11 Å². The molecule has 2 aromatic carbocycles. The molecular formula is C19H21NO. The van der Waals surface area contributed by atoms with Crippen LogP contribution in [0.5, 0.6) is 0 Å². The molecular weight excluding hydrogens is 258 g/mol. The molecule has 1 saturated carbocycles. The Balaban J connectivity index is 2.00. The lowest BCUT2D eigenvalue weighted by atomic mass is 9.75. The van der Waals surface area contributed by atoms with Crippen molar-refractivity contribution in [1.29, 1.82) is 0 Å². The van der Waals surface area contributed by atoms with Crippen LogP contribution >= 0.6 is 0 Å². The second-order valence-electron chi connectivity index (χ2n) is 5.84. The van der Waals surface area contributed by atoms with Crippen LogP contribution in [0.4, 0.5) is 0 Å². The molecule has 108 valence electrons. The van der Waals surface area contributed by atoms with Crippen molar-refractivity contribution in [1.82, 2.24) is 0 Å². The molecule has 2 aromatic rings. The van der Waals surface area contributed by atoms with Crippen LogP contribution in [0.2, 0.25) is 0 Å². The molecule has 1 fully saturated rings. The van der Waals surface area contributed by atoms with E-state index < -0.39 is 5.60 Å². The van der Waals surface area contributed by atoms with E-state index >= 15 is 0 Å². The van der Waals surface area contributed by atoms with Gasteiger partial charge in [-0.05, 0) is 26.2 Å². The van der Waals surface area contributed by atoms with Gasteiger partial charge in [-0.15, -0.1) is 0 Å². The Morgan fingerprint density at radius 1 is 0.952 bits per heavy atom. The molecule has 1 N–H and O–H groups in total. The maximum absolute atomic E-state index is 10.5. The standard InChI is InChI=1S/C19H21NO/c1-15(19(21)13-8-14-19)20-18(16-9-4-2-5-10-16)17-11-6-3-7-12-17/h2-7,9-12,15,21H,8,13-14H2,1H3. The number of aliphatic imine (C=N–C) groups is 1. The topological polar surface area (TPSA) is 32.6 Å². The zero-order valence-corrected chi connectivity index (χ0v) is 12.4. The molecule has 1 atom stereocenters. The fraction of sp³-hybridized carbons (Fsp3) is 0.316. The molecule has 0 aromatic heterocycles. The minimum atomic E-state index is -0.616. The van der Waals surface area contributed by atoms with E-state index in [-0.39, 0.29) is 6.04 Å². The van der Waals surface area contributed by atoms with Gasteiger partial charge in [0.25, 0.3) is 0 Å². The van der Waals surface area contributed by atoms with Gasteiger partial charge in [-0.2, -0.15) is 0 Å². The van der Waals surface area contributed by atoms with E-state index in [2.05, 4.69) is 24.3 Å². The van der Waals surface area contributed by atoms with Gasteiger partial charge in [0.2, 0.25) is 0 Å². The summed E-state index contributed by atoms with van der Waals surface area (Å²) >= 11 is 0. The third-order valence-corrected chi connectivity index (χ3v) is 4.41. The van der Waals surface area contributed by atoms with E-state index in [0.717, 1.165) is 36.1 Å². The Hall–Kier alpha value is -1.93. The molecule has 0 saturated heterocycles. The van der Waals surface area contributed by atoms with Crippen LogP contribution in [0.3, 0.4) is 0 Å². The fourth-order valence-corrected chi connectivity index (χ4v) is 2.78. The first-order valence-electron chi connectivity index (χ1n) is 7.60. The van der Waals surface area contributed by atoms with Crippen LogP contribution in [-0.2, 0) is 0 Å². The normalized spacial score (nSPS) is 17.6. The molecule has 0 amide bonds. The van der Waals surface area contributed by atoms with E-state index in [1.807, 2.05) is 43.3 Å². The van der Waals surface area contributed by atoms with Gasteiger partial charge in [-0.1, -0.05) is 60.7 Å². The Kier molecular flexibility index (Phi) is 3.89. The Morgan fingerprint density at radius 2 is 1.43 bits per heavy atom. The van der Waals surface area contributed by atoms with Crippen LogP contribution in [0, 0.1) is 0 Å². The molecule has 2 heteroatoms. The highest BCUT2D eigenvalue weighted by Crippen LogP contribution is 2.36. The number of aliphatic hydroxyl groups is 1. The number of rotatable bonds is 4. The van der Waals surface area contributed by atoms with Crippen molar-refractivity contribution >= 4 is 5.71 Å². The summed E-state index contributed by atoms with van der Waals surface area (Å²) in [5.74, 6) is 0. The lowest BCUT2D eigenvalue weighted by Crippen LogP contribution is -2.46. The molecule has 1 aliphatic carbocycles. The van der Waals surface area contributed by atoms with Crippen molar-refractivity contribution < 1.29 is 5.11 Å². The fourth-order valence-electron chi connectivity index (χ4n) is 2.78. The van der Waals surface area contributed by atoms with Crippen molar-refractivity contribution in [3.63, 3.8) is 0 Å². The summed E-state index contributed by atoms with van der Waals surface area (Å²) in [5.41, 5.74) is 2.54. The highest BCUT2D eigenvalue weighted by Gasteiger charge is 2.40. The third-order valence-electron chi connectivity index (χ3n) is 4.41. The molecule has 1 aliphatic rings. The van der Waals surface area contributed by atoms with Crippen LogP contribution in [0.25, 0.3) is 0 Å². The van der Waals surface area contributed by atoms with Crippen molar-refractivity contribution in [2.24, 2.45) is 4.99 Å². The van der Waals surface area contributed by atoms with E-state index in [1.165, 1.54) is 0 Å². The second-order valence-corrected chi connectivity index (χ2v) is 5.84. The molecule has 1 unspecified atom stereocenters. The number of hydrogen-bond acceptors (Lipinski definition) is 2. The van der Waals surface area contributed by atoms with Gasteiger partial charge in [0.05, 0.1) is 17.4 Å². The van der Waals surface area contributed by atoms with Gasteiger partial charge < -0.3 is 5.11 Å². The Morgan fingerprint density at radius 3 is 1.81 bits per heavy atom. The van der Waals surface area contributed by atoms with Crippen molar-refractivity contribution in [2.45, 2.75) is 37.8 Å². The summed E-state index contributed by atoms with van der Waals surface area (Å²) in [6.45, 7) is 2.02. The van der Waals surface area contributed by atoms with Gasteiger partial charge in [0, 0.05) is 11.1 Å². The minimum absolute atomic E-state index is 0.0818. The van der Waals surface area contributed by atoms with Gasteiger partial charge in [-0.3, -0.25) is 4.99 Å². The lowest BCUT2D eigenvalue weighted by molar-refractivity contribution is -0.0494. The molecule has 0 bridgehead atoms. The summed E-state index contributed by atoms with van der Waals surface area (Å²) in [6.07, 6.45) is 2.81. The summed E-state index contributed by atoms with van der Waals surface area (Å²) in [4.78, 5) is 4.88. The maximum atomic E-state index is 10.5. The summed E-state index contributed by atoms with van der Waals surface area (Å²) in [5, 5.41) is 10.5. The van der Waals surface area contributed by atoms with Crippen LogP contribution in [0.15, 0.2) is 65.7 Å². The van der Waals surface area contributed by atoms with E-state index in [0.29, 0.717) is 0 Å². The first-order chi connectivity index (χ1) is 10.2. The third kappa shape index (κ3) is 2.91. The van der Waals surface area contributed by atoms with E-state index in [1.54, 1.807) is 0 Å². The van der Waals surface area contributed by atoms with Gasteiger partial charge in [0.15, 0.2) is 0 Å². The molecule has 0 aliphatic heterocycles. The molecule has 3 rings (SSSR count). The first kappa shape index (κ1) is 14.0. The SMILES string of the molecule is CC(N=C(c1ccccc1)c1ccccc1)C1(O)CCC1. The monoisotopic (exact) mass is 279 g/mol. The number of benzene rings is 2. The van der Waals surface area contributed by atoms with Gasteiger partial charge in [-0.25, -0.2) is 0 Å². The second kappa shape index (κ2) is 5.82. The lowest BCUT2D eigenvalue weighted by Gasteiger charge is -2.40. The predicted octanol–water partition coefficient (Wildman–Crippen LogP) is 3.83. The molecule has 21 heavy (non-hydrogen) atoms. The Bertz CT molecular complexity index is 573. The average Bonchev–Trinajstić information content (AvgIpc) is 2.51. The number of hydrogen-bond donors (Lipinski definition) is 1. The van der Waals surface area contributed by atoms with Crippen molar-refractivity contribution in [3.05, 3.63) is 71.8 Å². The maximum Gasteiger partial charge on any atom is 0.0867 e. The van der Waals surface area contributed by atoms with Crippen molar-refractivity contribution in [3.8, 4) is 0 Å². The zero-order chi connectivity index (χ0) is 14.7. The quantitative estimate of drug-likeness (QED) is 0.848.